The van der Waals surface area contributed by atoms with Crippen molar-refractivity contribution >= 4 is 11.6 Å². The van der Waals surface area contributed by atoms with Crippen molar-refractivity contribution in [1.82, 2.24) is 14.1 Å². The Morgan fingerprint density at radius 3 is 2.55 bits per heavy atom. The lowest BCUT2D eigenvalue weighted by molar-refractivity contribution is -0.0400. The molecule has 1 aromatic carbocycles. The molecule has 0 spiro atoms. The third-order valence-electron chi connectivity index (χ3n) is 5.95. The van der Waals surface area contributed by atoms with Crippen LogP contribution in [0.1, 0.15) is 31.4 Å². The van der Waals surface area contributed by atoms with Crippen LogP contribution in [0.4, 0.5) is 8.78 Å². The molecule has 7 nitrogen and oxygen atoms in total. The van der Waals surface area contributed by atoms with E-state index in [2.05, 4.69) is 4.98 Å². The smallest absolute Gasteiger partial charge is 0.336 e. The Kier molecular flexibility index (Phi) is 6.15. The van der Waals surface area contributed by atoms with E-state index in [1.807, 2.05) is 6.07 Å². The van der Waals surface area contributed by atoms with E-state index >= 15 is 0 Å². The Bertz CT molecular complexity index is 1390. The number of benzene rings is 1. The summed E-state index contributed by atoms with van der Waals surface area (Å²) in [5.41, 5.74) is -2.30. The molecule has 0 unspecified atom stereocenters. The van der Waals surface area contributed by atoms with Crippen molar-refractivity contribution in [3.63, 3.8) is 0 Å². The average Bonchev–Trinajstić information content (AvgIpc) is 2.75. The molecule has 1 aliphatic rings. The van der Waals surface area contributed by atoms with Gasteiger partial charge in [-0.05, 0) is 55.9 Å². The molecule has 33 heavy (non-hydrogen) atoms. The fourth-order valence-corrected chi connectivity index (χ4v) is 4.23. The van der Waals surface area contributed by atoms with Gasteiger partial charge in [0.2, 0.25) is 0 Å². The van der Waals surface area contributed by atoms with Crippen molar-refractivity contribution in [2.75, 3.05) is 0 Å². The maximum atomic E-state index is 14.1. The molecule has 3 aromatic rings. The molecule has 1 aliphatic carbocycles. The molecule has 0 aliphatic heterocycles. The van der Waals surface area contributed by atoms with Gasteiger partial charge >= 0.3 is 5.69 Å². The first-order chi connectivity index (χ1) is 15.7. The zero-order valence-electron chi connectivity index (χ0n) is 17.4. The molecule has 1 N–H and O–H groups in total. The Labute approximate surface area is 192 Å². The molecule has 0 amide bonds. The molecule has 0 saturated heterocycles. The molecule has 2 aromatic heterocycles. The predicted molar refractivity (Wildman–Crippen MR) is 117 cm³/mol. The summed E-state index contributed by atoms with van der Waals surface area (Å²) in [6, 6.07) is 6.26. The van der Waals surface area contributed by atoms with E-state index in [0.29, 0.717) is 12.8 Å². The molecule has 0 radical (unpaired) electrons. The summed E-state index contributed by atoms with van der Waals surface area (Å²) in [7, 11) is 0. The second-order valence-electron chi connectivity index (χ2n) is 8.06. The molecular weight excluding hydrogens is 454 g/mol. The number of halogens is 3. The third kappa shape index (κ3) is 4.32. The van der Waals surface area contributed by atoms with Gasteiger partial charge in [-0.25, -0.2) is 18.1 Å². The van der Waals surface area contributed by atoms with Gasteiger partial charge in [-0.2, -0.15) is 5.26 Å². The SMILES string of the molecule is N#CCn1c(CCC2(O)CCC2)c(-c2ccc(F)c(F)c2)c(=O)n(-c2cncc(Cl)c2)c1=O. The van der Waals surface area contributed by atoms with E-state index in [-0.39, 0.29) is 40.4 Å². The molecule has 0 bridgehead atoms. The van der Waals surface area contributed by atoms with Gasteiger partial charge in [0.1, 0.15) is 6.54 Å². The summed E-state index contributed by atoms with van der Waals surface area (Å²) in [5.74, 6) is -2.25. The lowest BCUT2D eigenvalue weighted by Crippen LogP contribution is -2.43. The summed E-state index contributed by atoms with van der Waals surface area (Å²) in [6.45, 7) is -0.391. The van der Waals surface area contributed by atoms with E-state index in [0.717, 1.165) is 27.7 Å². The number of nitrogens with zero attached hydrogens (tertiary/aromatic N) is 4. The summed E-state index contributed by atoms with van der Waals surface area (Å²) in [4.78, 5) is 30.8. The van der Waals surface area contributed by atoms with Crippen LogP contribution in [0, 0.1) is 23.0 Å². The number of nitriles is 1. The van der Waals surface area contributed by atoms with Gasteiger partial charge < -0.3 is 5.11 Å². The summed E-state index contributed by atoms with van der Waals surface area (Å²) in [6.07, 6.45) is 4.96. The first-order valence-electron chi connectivity index (χ1n) is 10.3. The second kappa shape index (κ2) is 8.89. The Morgan fingerprint density at radius 1 is 1.18 bits per heavy atom. The number of hydrogen-bond acceptors (Lipinski definition) is 5. The van der Waals surface area contributed by atoms with Crippen molar-refractivity contribution in [2.24, 2.45) is 0 Å². The minimum absolute atomic E-state index is 0.0462. The number of hydrogen-bond donors (Lipinski definition) is 1. The Balaban J connectivity index is 2.03. The highest BCUT2D eigenvalue weighted by Gasteiger charge is 2.35. The van der Waals surface area contributed by atoms with E-state index in [1.54, 1.807) is 0 Å². The maximum absolute atomic E-state index is 14.1. The van der Waals surface area contributed by atoms with Gasteiger partial charge in [-0.1, -0.05) is 17.7 Å². The normalized spacial score (nSPS) is 14.5. The minimum atomic E-state index is -1.16. The molecule has 1 saturated carbocycles. The number of pyridine rings is 1. The number of aliphatic hydroxyl groups is 1. The van der Waals surface area contributed by atoms with Gasteiger partial charge in [-0.15, -0.1) is 0 Å². The predicted octanol–water partition coefficient (Wildman–Crippen LogP) is 3.36. The molecule has 0 atom stereocenters. The van der Waals surface area contributed by atoms with Crippen molar-refractivity contribution in [3.8, 4) is 22.9 Å². The third-order valence-corrected chi connectivity index (χ3v) is 6.16. The topological polar surface area (TPSA) is 101 Å². The van der Waals surface area contributed by atoms with Gasteiger partial charge in [-0.3, -0.25) is 14.3 Å². The van der Waals surface area contributed by atoms with Crippen LogP contribution in [-0.4, -0.2) is 24.8 Å². The van der Waals surface area contributed by atoms with Crippen LogP contribution in [0.5, 0.6) is 0 Å². The monoisotopic (exact) mass is 472 g/mol. The highest BCUT2D eigenvalue weighted by molar-refractivity contribution is 6.30. The van der Waals surface area contributed by atoms with Crippen LogP contribution < -0.4 is 11.2 Å². The van der Waals surface area contributed by atoms with Gasteiger partial charge in [0.05, 0.1) is 34.1 Å². The average molecular weight is 473 g/mol. The molecule has 4 rings (SSSR count). The van der Waals surface area contributed by atoms with E-state index in [1.165, 1.54) is 24.5 Å². The van der Waals surface area contributed by atoms with Crippen LogP contribution in [0.25, 0.3) is 16.8 Å². The van der Waals surface area contributed by atoms with E-state index in [4.69, 9.17) is 11.6 Å². The van der Waals surface area contributed by atoms with Crippen molar-refractivity contribution in [2.45, 2.75) is 44.2 Å². The largest absolute Gasteiger partial charge is 0.390 e. The fraction of sp³-hybridized carbons (Fsp3) is 0.304. The molecule has 10 heteroatoms. The summed E-state index contributed by atoms with van der Waals surface area (Å²) < 4.78 is 29.6. The van der Waals surface area contributed by atoms with Crippen LogP contribution in [0.3, 0.4) is 0 Å². The highest BCUT2D eigenvalue weighted by atomic mass is 35.5. The Hall–Kier alpha value is -3.35. The number of aromatic nitrogens is 3. The first-order valence-corrected chi connectivity index (χ1v) is 10.7. The van der Waals surface area contributed by atoms with Gasteiger partial charge in [0.15, 0.2) is 11.6 Å². The number of rotatable bonds is 6. The lowest BCUT2D eigenvalue weighted by atomic mass is 9.76. The molecule has 2 heterocycles. The van der Waals surface area contributed by atoms with Crippen LogP contribution >= 0.6 is 11.6 Å². The van der Waals surface area contributed by atoms with Crippen LogP contribution in [0.15, 0.2) is 46.2 Å². The van der Waals surface area contributed by atoms with Crippen molar-refractivity contribution in [1.29, 1.82) is 5.26 Å². The lowest BCUT2D eigenvalue weighted by Gasteiger charge is -2.37. The summed E-state index contributed by atoms with van der Waals surface area (Å²) >= 11 is 5.99. The molecule has 170 valence electrons. The van der Waals surface area contributed by atoms with Gasteiger partial charge in [0, 0.05) is 11.9 Å². The van der Waals surface area contributed by atoms with Crippen molar-refractivity contribution in [3.05, 3.63) is 79.8 Å². The standard InChI is InChI=1S/C23H19ClF2N4O3/c24-15-11-16(13-28-12-15)30-21(31)20(14-2-3-17(25)18(26)10-14)19(29(9-8-27)22(30)32)4-7-23(33)5-1-6-23/h2-3,10-13,33H,1,4-7,9H2. The first kappa shape index (κ1) is 22.8. The second-order valence-corrected chi connectivity index (χ2v) is 8.49. The van der Waals surface area contributed by atoms with Crippen LogP contribution in [-0.2, 0) is 13.0 Å². The fourth-order valence-electron chi connectivity index (χ4n) is 4.07. The molecule has 1 fully saturated rings. The maximum Gasteiger partial charge on any atom is 0.336 e. The highest BCUT2D eigenvalue weighted by Crippen LogP contribution is 2.36. The van der Waals surface area contributed by atoms with Gasteiger partial charge in [0.25, 0.3) is 5.56 Å². The summed E-state index contributed by atoms with van der Waals surface area (Å²) in [5, 5.41) is 20.1. The zero-order valence-corrected chi connectivity index (χ0v) is 18.1. The molecular formula is C23H19ClF2N4O3. The van der Waals surface area contributed by atoms with E-state index < -0.39 is 35.0 Å². The quantitative estimate of drug-likeness (QED) is 0.592. The zero-order chi connectivity index (χ0) is 23.8. The Morgan fingerprint density at radius 2 is 1.94 bits per heavy atom. The van der Waals surface area contributed by atoms with E-state index in [9.17, 15) is 28.7 Å². The van der Waals surface area contributed by atoms with Crippen molar-refractivity contribution < 1.29 is 13.9 Å². The van der Waals surface area contributed by atoms with Crippen LogP contribution in [0.2, 0.25) is 5.02 Å². The minimum Gasteiger partial charge on any atom is -0.390 e.